The van der Waals surface area contributed by atoms with Gasteiger partial charge in [0.25, 0.3) is 0 Å². The largest absolute Gasteiger partial charge is 0.367 e. The van der Waals surface area contributed by atoms with Crippen LogP contribution < -0.4 is 5.32 Å². The molecule has 1 rings (SSSR count). The molecule has 0 radical (unpaired) electrons. The molecule has 1 heterocycles. The Hall–Kier alpha value is -1.24. The molecule has 1 heteroatoms. The molecule has 1 aliphatic rings. The fourth-order valence-corrected chi connectivity index (χ4v) is 1.15. The van der Waals surface area contributed by atoms with Crippen LogP contribution in [0.3, 0.4) is 0 Å². The predicted octanol–water partition coefficient (Wildman–Crippen LogP) is 2.76. The van der Waals surface area contributed by atoms with E-state index in [-0.39, 0.29) is 0 Å². The average Bonchev–Trinajstić information content (AvgIpc) is 1.96. The molecule has 0 aromatic rings. The van der Waals surface area contributed by atoms with Crippen LogP contribution in [0.15, 0.2) is 48.4 Å². The average molecular weight is 161 g/mol. The summed E-state index contributed by atoms with van der Waals surface area (Å²) in [5.41, 5.74) is 2.34. The van der Waals surface area contributed by atoms with Crippen LogP contribution in [0.25, 0.3) is 0 Å². The molecule has 0 fully saturated rings. The smallest absolute Gasteiger partial charge is 0.00451 e. The van der Waals surface area contributed by atoms with Gasteiger partial charge in [-0.1, -0.05) is 32.6 Å². The SMILES string of the molecule is C=C1/C=C\C=C/N/C=C\1C(C)C. The lowest BCUT2D eigenvalue weighted by atomic mass is 9.96. The van der Waals surface area contributed by atoms with Crippen LogP contribution in [0.4, 0.5) is 0 Å². The summed E-state index contributed by atoms with van der Waals surface area (Å²) in [5, 5.41) is 3.09. The van der Waals surface area contributed by atoms with Gasteiger partial charge in [0.2, 0.25) is 0 Å². The molecule has 0 atom stereocenters. The quantitative estimate of drug-likeness (QED) is 0.623. The van der Waals surface area contributed by atoms with E-state index in [0.29, 0.717) is 5.92 Å². The van der Waals surface area contributed by atoms with Gasteiger partial charge in [-0.2, -0.15) is 0 Å². The first kappa shape index (κ1) is 8.85. The highest BCUT2D eigenvalue weighted by Crippen LogP contribution is 2.18. The number of hydrogen-bond acceptors (Lipinski definition) is 1. The van der Waals surface area contributed by atoms with Crippen LogP contribution in [-0.2, 0) is 0 Å². The maximum absolute atomic E-state index is 3.99. The summed E-state index contributed by atoms with van der Waals surface area (Å²) in [5.74, 6) is 0.515. The summed E-state index contributed by atoms with van der Waals surface area (Å²) >= 11 is 0. The minimum absolute atomic E-state index is 0.515. The molecule has 0 aliphatic carbocycles. The van der Waals surface area contributed by atoms with Crippen molar-refractivity contribution in [2.24, 2.45) is 5.92 Å². The second-order valence-electron chi connectivity index (χ2n) is 3.16. The first-order valence-electron chi connectivity index (χ1n) is 4.20. The van der Waals surface area contributed by atoms with E-state index in [1.54, 1.807) is 0 Å². The van der Waals surface area contributed by atoms with E-state index < -0.39 is 0 Å². The van der Waals surface area contributed by atoms with Crippen molar-refractivity contribution in [3.63, 3.8) is 0 Å². The fourth-order valence-electron chi connectivity index (χ4n) is 1.15. The van der Waals surface area contributed by atoms with Gasteiger partial charge in [-0.05, 0) is 23.1 Å². The molecular formula is C11H15N. The van der Waals surface area contributed by atoms with Gasteiger partial charge in [0.05, 0.1) is 0 Å². The predicted molar refractivity (Wildman–Crippen MR) is 53.5 cm³/mol. The topological polar surface area (TPSA) is 12.0 Å². The zero-order valence-electron chi connectivity index (χ0n) is 7.67. The van der Waals surface area contributed by atoms with Gasteiger partial charge in [0.1, 0.15) is 0 Å². The minimum atomic E-state index is 0.515. The molecule has 0 aromatic heterocycles. The van der Waals surface area contributed by atoms with Crippen LogP contribution in [0, 0.1) is 5.92 Å². The molecular weight excluding hydrogens is 146 g/mol. The Bertz CT molecular complexity index is 254. The number of rotatable bonds is 1. The first-order valence-corrected chi connectivity index (χ1v) is 4.20. The van der Waals surface area contributed by atoms with Crippen molar-refractivity contribution < 1.29 is 0 Å². The highest BCUT2D eigenvalue weighted by molar-refractivity contribution is 5.40. The minimum Gasteiger partial charge on any atom is -0.367 e. The van der Waals surface area contributed by atoms with E-state index in [1.807, 2.05) is 30.6 Å². The molecule has 0 saturated carbocycles. The second-order valence-corrected chi connectivity index (χ2v) is 3.16. The Labute approximate surface area is 74.2 Å². The highest BCUT2D eigenvalue weighted by Gasteiger charge is 2.04. The van der Waals surface area contributed by atoms with Gasteiger partial charge in [-0.3, -0.25) is 0 Å². The molecule has 64 valence electrons. The van der Waals surface area contributed by atoms with Crippen molar-refractivity contribution in [3.8, 4) is 0 Å². The van der Waals surface area contributed by atoms with Gasteiger partial charge < -0.3 is 5.32 Å². The number of allylic oxidation sites excluding steroid dienone is 5. The molecule has 1 N–H and O–H groups in total. The standard InChI is InChI=1S/C11H15N/c1-9(2)11-8-12-7-5-4-6-10(11)3/h4-9,12H,3H2,1-2H3/b6-4-,7-5-,11-8-. The lowest BCUT2D eigenvalue weighted by Crippen LogP contribution is -2.03. The number of nitrogens with one attached hydrogen (secondary N) is 1. The van der Waals surface area contributed by atoms with E-state index in [1.165, 1.54) is 5.57 Å². The van der Waals surface area contributed by atoms with Crippen molar-refractivity contribution in [1.29, 1.82) is 0 Å². The molecule has 0 bridgehead atoms. The third-order valence-corrected chi connectivity index (χ3v) is 1.83. The third-order valence-electron chi connectivity index (χ3n) is 1.83. The molecule has 0 aromatic carbocycles. The Balaban J connectivity index is 2.89. The number of hydrogen-bond donors (Lipinski definition) is 1. The molecule has 0 spiro atoms. The normalized spacial score (nSPS) is 26.6. The Morgan fingerprint density at radius 1 is 1.33 bits per heavy atom. The van der Waals surface area contributed by atoms with E-state index in [9.17, 15) is 0 Å². The van der Waals surface area contributed by atoms with Crippen molar-refractivity contribution in [3.05, 3.63) is 48.4 Å². The second kappa shape index (κ2) is 3.96. The maximum atomic E-state index is 3.99. The Morgan fingerprint density at radius 2 is 2.08 bits per heavy atom. The van der Waals surface area contributed by atoms with Gasteiger partial charge in [0, 0.05) is 12.4 Å². The van der Waals surface area contributed by atoms with E-state index in [4.69, 9.17) is 0 Å². The van der Waals surface area contributed by atoms with Crippen molar-refractivity contribution in [2.45, 2.75) is 13.8 Å². The van der Waals surface area contributed by atoms with Gasteiger partial charge in [-0.25, -0.2) is 0 Å². The third kappa shape index (κ3) is 2.12. The summed E-state index contributed by atoms with van der Waals surface area (Å²) < 4.78 is 0. The van der Waals surface area contributed by atoms with Crippen LogP contribution in [0.2, 0.25) is 0 Å². The van der Waals surface area contributed by atoms with Gasteiger partial charge in [0.15, 0.2) is 0 Å². The van der Waals surface area contributed by atoms with Crippen molar-refractivity contribution in [1.82, 2.24) is 5.32 Å². The molecule has 1 nitrogen and oxygen atoms in total. The molecule has 1 aliphatic heterocycles. The Kier molecular flexibility index (Phi) is 2.92. The summed E-state index contributed by atoms with van der Waals surface area (Å²) in [7, 11) is 0. The zero-order chi connectivity index (χ0) is 8.97. The summed E-state index contributed by atoms with van der Waals surface area (Å²) in [6.45, 7) is 8.32. The molecule has 0 amide bonds. The summed E-state index contributed by atoms with van der Waals surface area (Å²) in [6, 6.07) is 0. The summed E-state index contributed by atoms with van der Waals surface area (Å²) in [4.78, 5) is 0. The van der Waals surface area contributed by atoms with Crippen LogP contribution in [0.5, 0.6) is 0 Å². The van der Waals surface area contributed by atoms with Crippen LogP contribution in [0.1, 0.15) is 13.8 Å². The van der Waals surface area contributed by atoms with E-state index >= 15 is 0 Å². The zero-order valence-corrected chi connectivity index (χ0v) is 7.67. The lowest BCUT2D eigenvalue weighted by molar-refractivity contribution is 0.774. The van der Waals surface area contributed by atoms with Crippen LogP contribution in [-0.4, -0.2) is 0 Å². The van der Waals surface area contributed by atoms with Gasteiger partial charge in [-0.15, -0.1) is 0 Å². The van der Waals surface area contributed by atoms with E-state index in [0.717, 1.165) is 5.57 Å². The highest BCUT2D eigenvalue weighted by atomic mass is 14.8. The monoisotopic (exact) mass is 161 g/mol. The lowest BCUT2D eigenvalue weighted by Gasteiger charge is -2.12. The van der Waals surface area contributed by atoms with Gasteiger partial charge >= 0.3 is 0 Å². The van der Waals surface area contributed by atoms with Crippen LogP contribution >= 0.6 is 0 Å². The van der Waals surface area contributed by atoms with Crippen molar-refractivity contribution in [2.75, 3.05) is 0 Å². The Morgan fingerprint density at radius 3 is 2.75 bits per heavy atom. The maximum Gasteiger partial charge on any atom is 0.00451 e. The molecule has 0 saturated heterocycles. The first-order chi connectivity index (χ1) is 5.72. The molecule has 12 heavy (non-hydrogen) atoms. The molecule has 0 unspecified atom stereocenters. The van der Waals surface area contributed by atoms with Crippen molar-refractivity contribution >= 4 is 0 Å². The fraction of sp³-hybridized carbons (Fsp3) is 0.273. The van der Waals surface area contributed by atoms with E-state index in [2.05, 4.69) is 25.7 Å². The summed E-state index contributed by atoms with van der Waals surface area (Å²) in [6.07, 6.45) is 9.89.